The van der Waals surface area contributed by atoms with Gasteiger partial charge in [0.2, 0.25) is 5.95 Å². The molecule has 6 nitrogen and oxygen atoms in total. The molecule has 0 spiro atoms. The minimum atomic E-state index is -0.451. The number of carbonyl (C=O) groups excluding carboxylic acids is 1. The summed E-state index contributed by atoms with van der Waals surface area (Å²) < 4.78 is 8.44. The van der Waals surface area contributed by atoms with Crippen LogP contribution in [0.3, 0.4) is 0 Å². The minimum absolute atomic E-state index is 0.105. The summed E-state index contributed by atoms with van der Waals surface area (Å²) in [6, 6.07) is 0. The molecule has 0 aromatic carbocycles. The fourth-order valence-electron chi connectivity index (χ4n) is 2.92. The van der Waals surface area contributed by atoms with Gasteiger partial charge in [0.25, 0.3) is 0 Å². The van der Waals surface area contributed by atoms with Crippen molar-refractivity contribution in [2.24, 2.45) is 5.41 Å². The fraction of sp³-hybridized carbons (Fsp3) is 0.588. The molecule has 0 N–H and O–H groups in total. The molecule has 0 atom stereocenters. The van der Waals surface area contributed by atoms with Crippen LogP contribution in [0.15, 0.2) is 23.1 Å². The molecule has 1 aliphatic rings. The van der Waals surface area contributed by atoms with E-state index >= 15 is 0 Å². The van der Waals surface area contributed by atoms with Crippen molar-refractivity contribution in [2.45, 2.75) is 46.1 Å². The van der Waals surface area contributed by atoms with Crippen molar-refractivity contribution in [2.75, 3.05) is 18.0 Å². The molecule has 3 rings (SSSR count). The number of esters is 1. The summed E-state index contributed by atoms with van der Waals surface area (Å²) in [5.41, 5.74) is -0.0406. The van der Waals surface area contributed by atoms with Crippen LogP contribution < -0.4 is 4.90 Å². The maximum Gasteiger partial charge on any atom is 0.312 e. The van der Waals surface area contributed by atoms with E-state index in [0.717, 1.165) is 42.0 Å². The molecule has 1 saturated heterocycles. The van der Waals surface area contributed by atoms with E-state index < -0.39 is 11.0 Å². The predicted molar refractivity (Wildman–Crippen MR) is 96.1 cm³/mol. The van der Waals surface area contributed by atoms with Gasteiger partial charge in [-0.15, -0.1) is 0 Å². The highest BCUT2D eigenvalue weighted by Crippen LogP contribution is 2.35. The highest BCUT2D eigenvalue weighted by molar-refractivity contribution is 9.10. The highest BCUT2D eigenvalue weighted by atomic mass is 79.9. The molecule has 2 aromatic heterocycles. The number of piperidine rings is 1. The Hall–Kier alpha value is -1.63. The third-order valence-corrected chi connectivity index (χ3v) is 4.96. The number of anilines is 1. The second-order valence-corrected chi connectivity index (χ2v) is 8.43. The molecule has 24 heavy (non-hydrogen) atoms. The van der Waals surface area contributed by atoms with Gasteiger partial charge in [0.1, 0.15) is 5.60 Å². The molecule has 1 fully saturated rings. The lowest BCUT2D eigenvalue weighted by molar-refractivity contribution is -0.167. The molecule has 7 heteroatoms. The molecule has 0 unspecified atom stereocenters. The van der Waals surface area contributed by atoms with Crippen molar-refractivity contribution in [3.63, 3.8) is 0 Å². The highest BCUT2D eigenvalue weighted by Gasteiger charge is 2.40. The lowest BCUT2D eigenvalue weighted by atomic mass is 9.80. The number of aromatic nitrogens is 3. The van der Waals surface area contributed by atoms with Crippen molar-refractivity contribution in [1.82, 2.24) is 14.4 Å². The SMILES string of the molecule is CC(C)(C)OC(=O)C1(C)CCN(c2ncc(Br)c3nccn23)CC1. The Morgan fingerprint density at radius 3 is 2.58 bits per heavy atom. The topological polar surface area (TPSA) is 59.7 Å². The number of halogens is 1. The Balaban J connectivity index is 1.76. The summed E-state index contributed by atoms with van der Waals surface area (Å²) >= 11 is 3.47. The first-order chi connectivity index (χ1) is 11.2. The molecule has 0 saturated carbocycles. The van der Waals surface area contributed by atoms with Gasteiger partial charge in [0.15, 0.2) is 5.65 Å². The molecular formula is C17H23BrN4O2. The van der Waals surface area contributed by atoms with Gasteiger partial charge in [-0.25, -0.2) is 9.97 Å². The third-order valence-electron chi connectivity index (χ3n) is 4.40. The third kappa shape index (κ3) is 3.27. The van der Waals surface area contributed by atoms with Gasteiger partial charge in [0.05, 0.1) is 9.89 Å². The van der Waals surface area contributed by atoms with Gasteiger partial charge >= 0.3 is 5.97 Å². The number of carbonyl (C=O) groups is 1. The summed E-state index contributed by atoms with van der Waals surface area (Å²) in [7, 11) is 0. The Kier molecular flexibility index (Phi) is 4.32. The van der Waals surface area contributed by atoms with Gasteiger partial charge in [-0.1, -0.05) is 0 Å². The molecule has 0 amide bonds. The molecule has 0 aliphatic carbocycles. The Bertz CT molecular complexity index is 758. The number of ether oxygens (including phenoxy) is 1. The fourth-order valence-corrected chi connectivity index (χ4v) is 3.31. The number of rotatable bonds is 2. The van der Waals surface area contributed by atoms with Crippen molar-refractivity contribution < 1.29 is 9.53 Å². The summed E-state index contributed by atoms with van der Waals surface area (Å²) in [5, 5.41) is 0. The maximum atomic E-state index is 12.5. The van der Waals surface area contributed by atoms with Crippen molar-refractivity contribution in [3.05, 3.63) is 23.1 Å². The van der Waals surface area contributed by atoms with Gasteiger partial charge in [-0.2, -0.15) is 0 Å². The van der Waals surface area contributed by atoms with Crippen LogP contribution in [0.5, 0.6) is 0 Å². The molecule has 0 bridgehead atoms. The Labute approximate surface area is 150 Å². The lowest BCUT2D eigenvalue weighted by Gasteiger charge is -2.39. The zero-order chi connectivity index (χ0) is 17.5. The average Bonchev–Trinajstić information content (AvgIpc) is 2.98. The zero-order valence-corrected chi connectivity index (χ0v) is 16.1. The molecule has 130 valence electrons. The number of hydrogen-bond donors (Lipinski definition) is 0. The standard InChI is InChI=1S/C17H23BrN4O2/c1-16(2,3)24-14(23)17(4)5-8-21(9-6-17)15-20-11-12(18)13-19-7-10-22(13)15/h7,10-11H,5-6,8-9H2,1-4H3. The van der Waals surface area contributed by atoms with Crippen LogP contribution >= 0.6 is 15.9 Å². The second-order valence-electron chi connectivity index (χ2n) is 7.58. The van der Waals surface area contributed by atoms with Crippen LogP contribution in [0, 0.1) is 5.41 Å². The van der Waals surface area contributed by atoms with E-state index in [1.165, 1.54) is 0 Å². The van der Waals surface area contributed by atoms with E-state index in [0.29, 0.717) is 0 Å². The van der Waals surface area contributed by atoms with Crippen molar-refractivity contribution in [3.8, 4) is 0 Å². The van der Waals surface area contributed by atoms with Gasteiger partial charge in [-0.3, -0.25) is 9.20 Å². The van der Waals surface area contributed by atoms with Crippen molar-refractivity contribution >= 4 is 33.5 Å². The second kappa shape index (κ2) is 6.02. The molecule has 2 aromatic rings. The first kappa shape index (κ1) is 17.2. The van der Waals surface area contributed by atoms with Crippen LogP contribution in [0.25, 0.3) is 5.65 Å². The Morgan fingerprint density at radius 1 is 1.29 bits per heavy atom. The van der Waals surface area contributed by atoms with Crippen LogP contribution in [-0.2, 0) is 9.53 Å². The van der Waals surface area contributed by atoms with Crippen molar-refractivity contribution in [1.29, 1.82) is 0 Å². The number of fused-ring (bicyclic) bond motifs is 1. The van der Waals surface area contributed by atoms with Gasteiger partial charge < -0.3 is 9.64 Å². The normalized spacial score (nSPS) is 18.0. The van der Waals surface area contributed by atoms with E-state index in [4.69, 9.17) is 4.74 Å². The summed E-state index contributed by atoms with van der Waals surface area (Å²) in [4.78, 5) is 23.6. The van der Waals surface area contributed by atoms with E-state index in [1.54, 1.807) is 12.4 Å². The van der Waals surface area contributed by atoms with Crippen LogP contribution in [0.2, 0.25) is 0 Å². The molecule has 3 heterocycles. The monoisotopic (exact) mass is 394 g/mol. The smallest absolute Gasteiger partial charge is 0.312 e. The van der Waals surface area contributed by atoms with E-state index in [2.05, 4.69) is 30.8 Å². The molecular weight excluding hydrogens is 372 g/mol. The first-order valence-corrected chi connectivity index (χ1v) is 8.95. The Morgan fingerprint density at radius 2 is 1.96 bits per heavy atom. The van der Waals surface area contributed by atoms with E-state index in [1.807, 2.05) is 38.3 Å². The molecule has 1 aliphatic heterocycles. The maximum absolute atomic E-state index is 12.5. The summed E-state index contributed by atoms with van der Waals surface area (Å²) in [5.74, 6) is 0.753. The zero-order valence-electron chi connectivity index (χ0n) is 14.5. The van der Waals surface area contributed by atoms with E-state index in [9.17, 15) is 4.79 Å². The van der Waals surface area contributed by atoms with E-state index in [-0.39, 0.29) is 5.97 Å². The van der Waals surface area contributed by atoms with Crippen LogP contribution in [0.4, 0.5) is 5.95 Å². The quantitative estimate of drug-likeness (QED) is 0.730. The van der Waals surface area contributed by atoms with Gasteiger partial charge in [0, 0.05) is 31.7 Å². The number of hydrogen-bond acceptors (Lipinski definition) is 5. The van der Waals surface area contributed by atoms with Crippen LogP contribution in [-0.4, -0.2) is 39.0 Å². The average molecular weight is 395 g/mol. The minimum Gasteiger partial charge on any atom is -0.460 e. The molecule has 0 radical (unpaired) electrons. The number of nitrogens with zero attached hydrogens (tertiary/aromatic N) is 4. The summed E-state index contributed by atoms with van der Waals surface area (Å²) in [6.07, 6.45) is 6.94. The largest absolute Gasteiger partial charge is 0.460 e. The van der Waals surface area contributed by atoms with Crippen LogP contribution in [0.1, 0.15) is 40.5 Å². The predicted octanol–water partition coefficient (Wildman–Crippen LogP) is 3.44. The van der Waals surface area contributed by atoms with Gasteiger partial charge in [-0.05, 0) is 56.5 Å². The lowest BCUT2D eigenvalue weighted by Crippen LogP contribution is -2.45. The summed E-state index contributed by atoms with van der Waals surface area (Å²) in [6.45, 7) is 9.25. The number of imidazole rings is 1. The first-order valence-electron chi connectivity index (χ1n) is 8.16.